The van der Waals surface area contributed by atoms with Crippen molar-refractivity contribution in [3.63, 3.8) is 0 Å². The molecule has 2 aliphatic heterocycles. The van der Waals surface area contributed by atoms with Gasteiger partial charge >= 0.3 is 0 Å². The van der Waals surface area contributed by atoms with Crippen molar-refractivity contribution in [2.75, 3.05) is 19.6 Å². The maximum absolute atomic E-state index is 13.2. The molecule has 4 rings (SSSR count). The Balaban J connectivity index is 1.44. The Bertz CT molecular complexity index is 821. The Kier molecular flexibility index (Phi) is 5.88. The van der Waals surface area contributed by atoms with Crippen LogP contribution in [-0.2, 0) is 19.5 Å². The first-order valence-corrected chi connectivity index (χ1v) is 11.5. The van der Waals surface area contributed by atoms with Crippen molar-refractivity contribution in [3.8, 4) is 0 Å². The third-order valence-electron chi connectivity index (χ3n) is 6.53. The number of carbonyl (C=O) groups excluding carboxylic acids is 1. The fourth-order valence-corrected chi connectivity index (χ4v) is 5.71. The molecule has 1 fully saturated rings. The van der Waals surface area contributed by atoms with E-state index < -0.39 is 0 Å². The summed E-state index contributed by atoms with van der Waals surface area (Å²) in [4.78, 5) is 19.1. The summed E-state index contributed by atoms with van der Waals surface area (Å²) in [6, 6.07) is 0. The van der Waals surface area contributed by atoms with Crippen LogP contribution < -0.4 is 0 Å². The van der Waals surface area contributed by atoms with Gasteiger partial charge in [0, 0.05) is 48.5 Å². The minimum absolute atomic E-state index is 0.258. The molecule has 2 aliphatic rings. The predicted molar refractivity (Wildman–Crippen MR) is 112 cm³/mol. The van der Waals surface area contributed by atoms with E-state index in [2.05, 4.69) is 27.3 Å². The molecule has 1 amide bonds. The van der Waals surface area contributed by atoms with Crippen molar-refractivity contribution >= 4 is 17.2 Å². The highest BCUT2D eigenvalue weighted by Crippen LogP contribution is 2.31. The minimum atomic E-state index is 0.258. The molecule has 0 saturated carbocycles. The molecule has 1 atom stereocenters. The molecule has 2 aromatic rings. The normalized spacial score (nSPS) is 20.8. The average Bonchev–Trinajstić information content (AvgIpc) is 3.15. The number of hydrogen-bond donors (Lipinski definition) is 0. The Morgan fingerprint density at radius 1 is 1.29 bits per heavy atom. The summed E-state index contributed by atoms with van der Waals surface area (Å²) in [5.41, 5.74) is 4.44. The molecule has 0 unspecified atom stereocenters. The van der Waals surface area contributed by atoms with Gasteiger partial charge in [-0.25, -0.2) is 0 Å². The van der Waals surface area contributed by atoms with Crippen molar-refractivity contribution in [1.82, 2.24) is 15.0 Å². The topological polar surface area (TPSA) is 49.6 Å². The van der Waals surface area contributed by atoms with Crippen LogP contribution >= 0.6 is 11.3 Å². The first kappa shape index (κ1) is 19.6. The standard InChI is InChI=1S/C22H31N3O2S/c1-4-17-6-5-9-25(11-7-17)22(26)20-14-28-21-13-24(10-8-18(20)21)12-19-15(2)23-27-16(19)3/h14,17H,4-13H2,1-3H3/t17-/m0/s1. The van der Waals surface area contributed by atoms with Crippen molar-refractivity contribution < 1.29 is 9.32 Å². The van der Waals surface area contributed by atoms with E-state index in [0.29, 0.717) is 0 Å². The summed E-state index contributed by atoms with van der Waals surface area (Å²) in [5, 5.41) is 6.18. The molecule has 0 aliphatic carbocycles. The number of thiophene rings is 1. The maximum Gasteiger partial charge on any atom is 0.254 e. The third-order valence-corrected chi connectivity index (χ3v) is 7.55. The van der Waals surface area contributed by atoms with Crippen LogP contribution in [0.15, 0.2) is 9.90 Å². The number of amides is 1. The van der Waals surface area contributed by atoms with E-state index in [4.69, 9.17) is 4.52 Å². The Hall–Kier alpha value is -1.66. The van der Waals surface area contributed by atoms with E-state index in [1.165, 1.54) is 28.8 Å². The van der Waals surface area contributed by atoms with E-state index in [0.717, 1.165) is 74.9 Å². The van der Waals surface area contributed by atoms with Crippen LogP contribution in [0.3, 0.4) is 0 Å². The molecular weight excluding hydrogens is 370 g/mol. The lowest BCUT2D eigenvalue weighted by molar-refractivity contribution is 0.0758. The summed E-state index contributed by atoms with van der Waals surface area (Å²) in [6.07, 6.45) is 5.74. The lowest BCUT2D eigenvalue weighted by Crippen LogP contribution is -2.34. The predicted octanol–water partition coefficient (Wildman–Crippen LogP) is 4.56. The molecule has 6 heteroatoms. The number of rotatable bonds is 4. The number of hydrogen-bond acceptors (Lipinski definition) is 5. The molecule has 0 aromatic carbocycles. The molecular formula is C22H31N3O2S. The monoisotopic (exact) mass is 401 g/mol. The fourth-order valence-electron chi connectivity index (χ4n) is 4.59. The van der Waals surface area contributed by atoms with E-state index in [1.54, 1.807) is 11.3 Å². The van der Waals surface area contributed by atoms with Gasteiger partial charge in [-0.2, -0.15) is 0 Å². The summed E-state index contributed by atoms with van der Waals surface area (Å²) >= 11 is 1.75. The van der Waals surface area contributed by atoms with Crippen molar-refractivity contribution in [2.45, 2.75) is 66.0 Å². The SMILES string of the molecule is CC[C@H]1CCCN(C(=O)c2csc3c2CCN(Cc2c(C)noc2C)C3)CC1. The second-order valence-electron chi connectivity index (χ2n) is 8.31. The van der Waals surface area contributed by atoms with Crippen molar-refractivity contribution in [1.29, 1.82) is 0 Å². The molecule has 0 N–H and O–H groups in total. The van der Waals surface area contributed by atoms with Crippen molar-refractivity contribution in [2.24, 2.45) is 5.92 Å². The van der Waals surface area contributed by atoms with Crippen LogP contribution in [0.1, 0.15) is 70.4 Å². The molecule has 2 aromatic heterocycles. The van der Waals surface area contributed by atoms with Gasteiger partial charge in [0.1, 0.15) is 5.76 Å². The fraction of sp³-hybridized carbons (Fsp3) is 0.636. The van der Waals surface area contributed by atoms with Gasteiger partial charge in [0.25, 0.3) is 5.91 Å². The Labute approximate surface area is 171 Å². The molecule has 0 bridgehead atoms. The van der Waals surface area contributed by atoms with Crippen molar-refractivity contribution in [3.05, 3.63) is 38.4 Å². The van der Waals surface area contributed by atoms with Crippen LogP contribution in [-0.4, -0.2) is 40.5 Å². The minimum Gasteiger partial charge on any atom is -0.361 e. The van der Waals surface area contributed by atoms with Crippen LogP contribution in [0.25, 0.3) is 0 Å². The quantitative estimate of drug-likeness (QED) is 0.753. The lowest BCUT2D eigenvalue weighted by Gasteiger charge is -2.28. The third kappa shape index (κ3) is 3.90. The van der Waals surface area contributed by atoms with Gasteiger partial charge in [-0.15, -0.1) is 11.3 Å². The van der Waals surface area contributed by atoms with Gasteiger partial charge in [0.2, 0.25) is 0 Å². The van der Waals surface area contributed by atoms with Gasteiger partial charge in [0.15, 0.2) is 0 Å². The zero-order valence-electron chi connectivity index (χ0n) is 17.3. The highest BCUT2D eigenvalue weighted by atomic mass is 32.1. The van der Waals surface area contributed by atoms with E-state index in [-0.39, 0.29) is 5.91 Å². The zero-order chi connectivity index (χ0) is 19.7. The molecule has 0 spiro atoms. The second-order valence-corrected chi connectivity index (χ2v) is 9.28. The van der Waals surface area contributed by atoms with Gasteiger partial charge in [-0.05, 0) is 51.0 Å². The maximum atomic E-state index is 13.2. The average molecular weight is 402 g/mol. The van der Waals surface area contributed by atoms with Gasteiger partial charge in [-0.3, -0.25) is 9.69 Å². The second kappa shape index (κ2) is 8.37. The van der Waals surface area contributed by atoms with E-state index in [1.807, 2.05) is 13.8 Å². The highest BCUT2D eigenvalue weighted by Gasteiger charge is 2.28. The van der Waals surface area contributed by atoms with E-state index in [9.17, 15) is 4.79 Å². The lowest BCUT2D eigenvalue weighted by atomic mass is 9.98. The number of aryl methyl sites for hydroxylation is 2. The van der Waals surface area contributed by atoms with E-state index >= 15 is 0 Å². The summed E-state index contributed by atoms with van der Waals surface area (Å²) in [5.74, 6) is 1.96. The summed E-state index contributed by atoms with van der Waals surface area (Å²) in [7, 11) is 0. The molecule has 0 radical (unpaired) electrons. The molecule has 5 nitrogen and oxygen atoms in total. The number of likely N-dealkylation sites (tertiary alicyclic amines) is 1. The first-order valence-electron chi connectivity index (χ1n) is 10.6. The van der Waals surface area contributed by atoms with Crippen LogP contribution in [0.2, 0.25) is 0 Å². The number of aromatic nitrogens is 1. The Morgan fingerprint density at radius 3 is 2.89 bits per heavy atom. The number of fused-ring (bicyclic) bond motifs is 1. The van der Waals surface area contributed by atoms with Gasteiger partial charge in [-0.1, -0.05) is 18.5 Å². The highest BCUT2D eigenvalue weighted by molar-refractivity contribution is 7.10. The first-order chi connectivity index (χ1) is 13.6. The summed E-state index contributed by atoms with van der Waals surface area (Å²) < 4.78 is 5.31. The number of nitrogens with zero attached hydrogens (tertiary/aromatic N) is 3. The molecule has 1 saturated heterocycles. The molecule has 152 valence electrons. The van der Waals surface area contributed by atoms with Gasteiger partial charge in [0.05, 0.1) is 11.3 Å². The smallest absolute Gasteiger partial charge is 0.254 e. The zero-order valence-corrected chi connectivity index (χ0v) is 18.1. The van der Waals surface area contributed by atoms with Gasteiger partial charge < -0.3 is 9.42 Å². The molecule has 4 heterocycles. The number of carbonyl (C=O) groups is 1. The van der Waals surface area contributed by atoms with Crippen LogP contribution in [0, 0.1) is 19.8 Å². The van der Waals surface area contributed by atoms with Crippen LogP contribution in [0.5, 0.6) is 0 Å². The Morgan fingerprint density at radius 2 is 2.14 bits per heavy atom. The molecule has 28 heavy (non-hydrogen) atoms. The summed E-state index contributed by atoms with van der Waals surface area (Å²) in [6.45, 7) is 10.8. The largest absolute Gasteiger partial charge is 0.361 e. The van der Waals surface area contributed by atoms with Crippen LogP contribution in [0.4, 0.5) is 0 Å².